The zero-order chi connectivity index (χ0) is 19.9. The van der Waals surface area contributed by atoms with E-state index in [0.29, 0.717) is 18.9 Å². The van der Waals surface area contributed by atoms with E-state index in [2.05, 4.69) is 22.5 Å². The Bertz CT molecular complexity index is 914. The SMILES string of the molecule is O=C(CCc1cccc(OC2CCCC2)c1)Nc1ccc(Cn2cccn2)cc1. The van der Waals surface area contributed by atoms with Crippen LogP contribution in [0.25, 0.3) is 0 Å². The fourth-order valence-corrected chi connectivity index (χ4v) is 3.73. The molecule has 1 N–H and O–H groups in total. The number of aryl methyl sites for hydroxylation is 1. The van der Waals surface area contributed by atoms with Gasteiger partial charge in [0, 0.05) is 24.5 Å². The second-order valence-electron chi connectivity index (χ2n) is 7.62. The Hall–Kier alpha value is -3.08. The average Bonchev–Trinajstić information content (AvgIpc) is 3.43. The third-order valence-electron chi connectivity index (χ3n) is 5.29. The number of rotatable bonds is 8. The molecule has 150 valence electrons. The summed E-state index contributed by atoms with van der Waals surface area (Å²) in [5, 5.41) is 7.19. The highest BCUT2D eigenvalue weighted by Crippen LogP contribution is 2.25. The number of amides is 1. The van der Waals surface area contributed by atoms with Crippen LogP contribution in [0.3, 0.4) is 0 Å². The van der Waals surface area contributed by atoms with Gasteiger partial charge in [-0.2, -0.15) is 5.10 Å². The molecule has 2 aromatic carbocycles. The van der Waals surface area contributed by atoms with Crippen molar-refractivity contribution in [1.82, 2.24) is 9.78 Å². The first kappa shape index (κ1) is 19.2. The second kappa shape index (κ2) is 9.41. The topological polar surface area (TPSA) is 56.1 Å². The first-order valence-electron chi connectivity index (χ1n) is 10.4. The van der Waals surface area contributed by atoms with Gasteiger partial charge in [0.1, 0.15) is 5.75 Å². The first-order chi connectivity index (χ1) is 14.2. The molecule has 5 heteroatoms. The molecule has 1 aromatic heterocycles. The minimum atomic E-state index is 0.0203. The summed E-state index contributed by atoms with van der Waals surface area (Å²) in [5.74, 6) is 0.939. The number of benzene rings is 2. The van der Waals surface area contributed by atoms with Gasteiger partial charge < -0.3 is 10.1 Å². The van der Waals surface area contributed by atoms with Crippen LogP contribution >= 0.6 is 0 Å². The molecule has 1 aliphatic carbocycles. The molecular weight excluding hydrogens is 362 g/mol. The van der Waals surface area contributed by atoms with Crippen LogP contribution in [-0.4, -0.2) is 21.8 Å². The van der Waals surface area contributed by atoms with Gasteiger partial charge in [0.25, 0.3) is 0 Å². The van der Waals surface area contributed by atoms with E-state index in [1.807, 2.05) is 53.3 Å². The van der Waals surface area contributed by atoms with E-state index in [1.54, 1.807) is 6.20 Å². The summed E-state index contributed by atoms with van der Waals surface area (Å²) in [5.41, 5.74) is 3.09. The highest BCUT2D eigenvalue weighted by Gasteiger charge is 2.16. The number of hydrogen-bond acceptors (Lipinski definition) is 3. The lowest BCUT2D eigenvalue weighted by Gasteiger charge is -2.14. The van der Waals surface area contributed by atoms with Crippen LogP contribution in [0.4, 0.5) is 5.69 Å². The molecular formula is C24H27N3O2. The predicted molar refractivity (Wildman–Crippen MR) is 114 cm³/mol. The van der Waals surface area contributed by atoms with Crippen molar-refractivity contribution in [2.45, 2.75) is 51.2 Å². The maximum Gasteiger partial charge on any atom is 0.224 e. The third-order valence-corrected chi connectivity index (χ3v) is 5.29. The number of nitrogens with zero attached hydrogens (tertiary/aromatic N) is 2. The van der Waals surface area contributed by atoms with E-state index in [0.717, 1.165) is 42.0 Å². The summed E-state index contributed by atoms with van der Waals surface area (Å²) >= 11 is 0. The number of aromatic nitrogens is 2. The summed E-state index contributed by atoms with van der Waals surface area (Å²) < 4.78 is 7.93. The minimum Gasteiger partial charge on any atom is -0.490 e. The van der Waals surface area contributed by atoms with Crippen molar-refractivity contribution in [3.8, 4) is 5.75 Å². The van der Waals surface area contributed by atoms with Crippen LogP contribution in [0.1, 0.15) is 43.2 Å². The molecule has 3 aromatic rings. The van der Waals surface area contributed by atoms with E-state index in [1.165, 1.54) is 12.8 Å². The second-order valence-corrected chi connectivity index (χ2v) is 7.62. The number of anilines is 1. The Morgan fingerprint density at radius 3 is 2.66 bits per heavy atom. The van der Waals surface area contributed by atoms with Crippen LogP contribution in [-0.2, 0) is 17.8 Å². The van der Waals surface area contributed by atoms with E-state index in [-0.39, 0.29) is 5.91 Å². The Balaban J connectivity index is 1.25. The number of ether oxygens (including phenoxy) is 1. The van der Waals surface area contributed by atoms with Gasteiger partial charge in [-0.15, -0.1) is 0 Å². The molecule has 0 saturated heterocycles. The Morgan fingerprint density at radius 1 is 1.07 bits per heavy atom. The molecule has 1 fully saturated rings. The summed E-state index contributed by atoms with van der Waals surface area (Å²) in [6, 6.07) is 17.9. The van der Waals surface area contributed by atoms with Crippen molar-refractivity contribution in [3.05, 3.63) is 78.1 Å². The van der Waals surface area contributed by atoms with E-state index < -0.39 is 0 Å². The van der Waals surface area contributed by atoms with Crippen molar-refractivity contribution >= 4 is 11.6 Å². The van der Waals surface area contributed by atoms with Gasteiger partial charge in [-0.25, -0.2) is 0 Å². The standard InChI is InChI=1S/C24H27N3O2/c28-24(26-21-12-9-20(10-13-21)18-27-16-4-15-25-27)14-11-19-5-3-8-23(17-19)29-22-6-1-2-7-22/h3-5,8-10,12-13,15-17,22H,1-2,6-7,11,14,18H2,(H,26,28). The van der Waals surface area contributed by atoms with Crippen LogP contribution in [0.2, 0.25) is 0 Å². The molecule has 0 radical (unpaired) electrons. The predicted octanol–water partition coefficient (Wildman–Crippen LogP) is 4.82. The zero-order valence-electron chi connectivity index (χ0n) is 16.6. The lowest BCUT2D eigenvalue weighted by molar-refractivity contribution is -0.116. The van der Waals surface area contributed by atoms with Crippen molar-refractivity contribution < 1.29 is 9.53 Å². The summed E-state index contributed by atoms with van der Waals surface area (Å²) in [6.07, 6.45) is 10.0. The van der Waals surface area contributed by atoms with Gasteiger partial charge in [0.05, 0.1) is 12.6 Å². The van der Waals surface area contributed by atoms with Gasteiger partial charge in [0.15, 0.2) is 0 Å². The van der Waals surface area contributed by atoms with Gasteiger partial charge in [-0.1, -0.05) is 24.3 Å². The normalized spacial score (nSPS) is 14.1. The number of nitrogens with one attached hydrogen (secondary N) is 1. The summed E-state index contributed by atoms with van der Waals surface area (Å²) in [6.45, 7) is 0.723. The molecule has 0 aliphatic heterocycles. The molecule has 0 spiro atoms. The molecule has 0 bridgehead atoms. The fraction of sp³-hybridized carbons (Fsp3) is 0.333. The largest absolute Gasteiger partial charge is 0.490 e. The van der Waals surface area contributed by atoms with Gasteiger partial charge in [-0.3, -0.25) is 9.48 Å². The number of carbonyl (C=O) groups excluding carboxylic acids is 1. The van der Waals surface area contributed by atoms with Crippen molar-refractivity contribution in [2.24, 2.45) is 0 Å². The van der Waals surface area contributed by atoms with E-state index in [9.17, 15) is 4.79 Å². The molecule has 0 unspecified atom stereocenters. The third kappa shape index (κ3) is 5.70. The Labute approximate surface area is 171 Å². The van der Waals surface area contributed by atoms with Gasteiger partial charge in [-0.05, 0) is 73.6 Å². The maximum absolute atomic E-state index is 12.3. The molecule has 1 amide bonds. The molecule has 1 aliphatic rings. The van der Waals surface area contributed by atoms with Gasteiger partial charge >= 0.3 is 0 Å². The van der Waals surface area contributed by atoms with Gasteiger partial charge in [0.2, 0.25) is 5.91 Å². The van der Waals surface area contributed by atoms with Crippen molar-refractivity contribution in [2.75, 3.05) is 5.32 Å². The molecule has 4 rings (SSSR count). The lowest BCUT2D eigenvalue weighted by atomic mass is 10.1. The number of carbonyl (C=O) groups is 1. The van der Waals surface area contributed by atoms with Crippen molar-refractivity contribution in [3.63, 3.8) is 0 Å². The highest BCUT2D eigenvalue weighted by molar-refractivity contribution is 5.90. The highest BCUT2D eigenvalue weighted by atomic mass is 16.5. The van der Waals surface area contributed by atoms with Crippen LogP contribution in [0.5, 0.6) is 5.75 Å². The first-order valence-corrected chi connectivity index (χ1v) is 10.4. The molecule has 1 heterocycles. The van der Waals surface area contributed by atoms with Crippen LogP contribution < -0.4 is 10.1 Å². The number of hydrogen-bond donors (Lipinski definition) is 1. The van der Waals surface area contributed by atoms with E-state index >= 15 is 0 Å². The monoisotopic (exact) mass is 389 g/mol. The Kier molecular flexibility index (Phi) is 6.25. The lowest BCUT2D eigenvalue weighted by Crippen LogP contribution is -2.13. The van der Waals surface area contributed by atoms with Crippen molar-refractivity contribution in [1.29, 1.82) is 0 Å². The minimum absolute atomic E-state index is 0.0203. The molecule has 0 atom stereocenters. The smallest absolute Gasteiger partial charge is 0.224 e. The van der Waals surface area contributed by atoms with Crippen LogP contribution in [0, 0.1) is 0 Å². The quantitative estimate of drug-likeness (QED) is 0.601. The molecule has 5 nitrogen and oxygen atoms in total. The zero-order valence-corrected chi connectivity index (χ0v) is 16.6. The molecule has 1 saturated carbocycles. The average molecular weight is 389 g/mol. The fourth-order valence-electron chi connectivity index (χ4n) is 3.73. The summed E-state index contributed by atoms with van der Waals surface area (Å²) in [7, 11) is 0. The Morgan fingerprint density at radius 2 is 1.90 bits per heavy atom. The summed E-state index contributed by atoms with van der Waals surface area (Å²) in [4.78, 5) is 12.3. The molecule has 29 heavy (non-hydrogen) atoms. The maximum atomic E-state index is 12.3. The van der Waals surface area contributed by atoms with E-state index in [4.69, 9.17) is 4.74 Å². The van der Waals surface area contributed by atoms with Crippen LogP contribution in [0.15, 0.2) is 67.0 Å².